The largest absolute Gasteiger partial charge is 0.357 e. The highest BCUT2D eigenvalue weighted by atomic mass is 127. The van der Waals surface area contributed by atoms with Gasteiger partial charge in [-0.3, -0.25) is 9.89 Å². The summed E-state index contributed by atoms with van der Waals surface area (Å²) in [6.45, 7) is 6.24. The Hall–Kier alpha value is -0.580. The van der Waals surface area contributed by atoms with Gasteiger partial charge in [0.1, 0.15) is 0 Å². The molecule has 0 aromatic heterocycles. The Morgan fingerprint density at radius 3 is 2.65 bits per heavy atom. The highest BCUT2D eigenvalue weighted by Crippen LogP contribution is 2.10. The third kappa shape index (κ3) is 8.88. The Morgan fingerprint density at radius 1 is 1.27 bits per heavy atom. The molecule has 9 heteroatoms. The van der Waals surface area contributed by atoms with Crippen molar-refractivity contribution in [2.75, 3.05) is 50.8 Å². The Kier molecular flexibility index (Phi) is 10.8. The Morgan fingerprint density at radius 2 is 2.00 bits per heavy atom. The third-order valence-corrected chi connectivity index (χ3v) is 5.91. The van der Waals surface area contributed by atoms with Crippen LogP contribution in [-0.2, 0) is 16.3 Å². The smallest absolute Gasteiger partial charge is 0.191 e. The molecule has 0 aliphatic carbocycles. The predicted octanol–water partition coefficient (Wildman–Crippen LogP) is 1.79. The number of rotatable bonds is 7. The van der Waals surface area contributed by atoms with Gasteiger partial charge in [0, 0.05) is 37.7 Å². The second-order valence-corrected chi connectivity index (χ2v) is 8.80. The molecule has 148 valence electrons. The van der Waals surface area contributed by atoms with Crippen molar-refractivity contribution in [3.8, 4) is 0 Å². The molecule has 1 aliphatic heterocycles. The number of hydrogen-bond acceptors (Lipinski definition) is 4. The van der Waals surface area contributed by atoms with Crippen molar-refractivity contribution < 1.29 is 8.42 Å². The SMILES string of the molecule is CCNC(=NCCN1CCS(=O)(=O)CC1)NCCc1cccc(Cl)c1.I. The summed E-state index contributed by atoms with van der Waals surface area (Å²) in [6.07, 6.45) is 0.870. The first kappa shape index (κ1) is 23.5. The van der Waals surface area contributed by atoms with Gasteiger partial charge in [-0.25, -0.2) is 8.42 Å². The zero-order valence-electron chi connectivity index (χ0n) is 15.1. The maximum atomic E-state index is 11.4. The Bertz CT molecular complexity index is 671. The summed E-state index contributed by atoms with van der Waals surface area (Å²) in [6, 6.07) is 7.85. The summed E-state index contributed by atoms with van der Waals surface area (Å²) in [7, 11) is -2.82. The van der Waals surface area contributed by atoms with Crippen LogP contribution in [0.15, 0.2) is 29.3 Å². The molecular weight excluding hydrogens is 487 g/mol. The molecule has 6 nitrogen and oxygen atoms in total. The van der Waals surface area contributed by atoms with E-state index in [0.29, 0.717) is 19.6 Å². The van der Waals surface area contributed by atoms with Crippen molar-refractivity contribution in [1.29, 1.82) is 0 Å². The minimum Gasteiger partial charge on any atom is -0.357 e. The maximum Gasteiger partial charge on any atom is 0.191 e. The van der Waals surface area contributed by atoms with E-state index in [-0.39, 0.29) is 35.5 Å². The summed E-state index contributed by atoms with van der Waals surface area (Å²) < 4.78 is 22.9. The van der Waals surface area contributed by atoms with E-state index in [4.69, 9.17) is 11.6 Å². The van der Waals surface area contributed by atoms with Gasteiger partial charge in [0.05, 0.1) is 18.1 Å². The van der Waals surface area contributed by atoms with Crippen molar-refractivity contribution in [2.24, 2.45) is 4.99 Å². The van der Waals surface area contributed by atoms with E-state index < -0.39 is 9.84 Å². The van der Waals surface area contributed by atoms with Gasteiger partial charge in [0.15, 0.2) is 15.8 Å². The molecule has 0 unspecified atom stereocenters. The number of aliphatic imine (C=N–C) groups is 1. The molecule has 0 atom stereocenters. The molecule has 0 radical (unpaired) electrons. The lowest BCUT2D eigenvalue weighted by Gasteiger charge is -2.25. The molecule has 2 N–H and O–H groups in total. The molecule has 0 amide bonds. The van der Waals surface area contributed by atoms with Gasteiger partial charge in [-0.1, -0.05) is 23.7 Å². The molecule has 0 saturated carbocycles. The number of nitrogens with one attached hydrogen (secondary N) is 2. The van der Waals surface area contributed by atoms with Crippen molar-refractivity contribution in [2.45, 2.75) is 13.3 Å². The van der Waals surface area contributed by atoms with E-state index in [2.05, 4.69) is 26.6 Å². The fraction of sp³-hybridized carbons (Fsp3) is 0.588. The number of sulfone groups is 1. The van der Waals surface area contributed by atoms with Gasteiger partial charge in [-0.15, -0.1) is 24.0 Å². The third-order valence-electron chi connectivity index (χ3n) is 4.06. The van der Waals surface area contributed by atoms with Crippen LogP contribution in [0.3, 0.4) is 0 Å². The Labute approximate surface area is 178 Å². The first-order valence-corrected chi connectivity index (χ1v) is 10.9. The van der Waals surface area contributed by atoms with Crippen LogP contribution in [0.1, 0.15) is 12.5 Å². The highest BCUT2D eigenvalue weighted by molar-refractivity contribution is 14.0. The number of hydrogen-bond donors (Lipinski definition) is 2. The second-order valence-electron chi connectivity index (χ2n) is 6.06. The molecule has 1 fully saturated rings. The van der Waals surface area contributed by atoms with Gasteiger partial charge in [-0.05, 0) is 31.0 Å². The zero-order chi connectivity index (χ0) is 18.1. The highest BCUT2D eigenvalue weighted by Gasteiger charge is 2.20. The number of nitrogens with zero attached hydrogens (tertiary/aromatic N) is 2. The van der Waals surface area contributed by atoms with E-state index in [1.165, 1.54) is 5.56 Å². The van der Waals surface area contributed by atoms with E-state index >= 15 is 0 Å². The molecule has 0 spiro atoms. The van der Waals surface area contributed by atoms with Crippen LogP contribution >= 0.6 is 35.6 Å². The molecule has 2 rings (SSSR count). The van der Waals surface area contributed by atoms with E-state index in [9.17, 15) is 8.42 Å². The van der Waals surface area contributed by atoms with Crippen LogP contribution in [0.2, 0.25) is 5.02 Å². The topological polar surface area (TPSA) is 73.8 Å². The lowest BCUT2D eigenvalue weighted by atomic mass is 10.1. The average Bonchev–Trinajstić information content (AvgIpc) is 2.56. The molecule has 1 aliphatic rings. The number of halogens is 2. The summed E-state index contributed by atoms with van der Waals surface area (Å²) in [5.41, 5.74) is 1.19. The number of guanidine groups is 1. The molecule has 1 aromatic carbocycles. The van der Waals surface area contributed by atoms with Crippen molar-refractivity contribution in [3.05, 3.63) is 34.9 Å². The molecule has 26 heavy (non-hydrogen) atoms. The normalized spacial score (nSPS) is 17.4. The van der Waals surface area contributed by atoms with E-state index in [0.717, 1.165) is 37.0 Å². The van der Waals surface area contributed by atoms with Gasteiger partial charge in [0.25, 0.3) is 0 Å². The second kappa shape index (κ2) is 12.0. The predicted molar refractivity (Wildman–Crippen MR) is 120 cm³/mol. The van der Waals surface area contributed by atoms with Gasteiger partial charge >= 0.3 is 0 Å². The first-order valence-electron chi connectivity index (χ1n) is 8.68. The quantitative estimate of drug-likeness (QED) is 0.330. The number of benzene rings is 1. The molecule has 1 heterocycles. The lowest BCUT2D eigenvalue weighted by molar-refractivity contribution is 0.304. The maximum absolute atomic E-state index is 11.4. The van der Waals surface area contributed by atoms with Crippen LogP contribution in [-0.4, -0.2) is 70.1 Å². The minimum absolute atomic E-state index is 0. The standard InChI is InChI=1S/C17H27ClN4O2S.HI/c1-2-19-17(20-7-6-15-4-3-5-16(18)14-15)21-8-9-22-10-12-25(23,24)13-11-22;/h3-5,14H,2,6-13H2,1H3,(H2,19,20,21);1H. The van der Waals surface area contributed by atoms with Crippen LogP contribution in [0.5, 0.6) is 0 Å². The molecule has 0 bridgehead atoms. The van der Waals surface area contributed by atoms with Gasteiger partial charge < -0.3 is 10.6 Å². The van der Waals surface area contributed by atoms with Crippen molar-refractivity contribution >= 4 is 51.4 Å². The lowest BCUT2D eigenvalue weighted by Crippen LogP contribution is -2.42. The zero-order valence-corrected chi connectivity index (χ0v) is 19.0. The average molecular weight is 515 g/mol. The van der Waals surface area contributed by atoms with Crippen LogP contribution in [0, 0.1) is 0 Å². The van der Waals surface area contributed by atoms with Gasteiger partial charge in [0.2, 0.25) is 0 Å². The molecular formula is C17H28ClIN4O2S. The summed E-state index contributed by atoms with van der Waals surface area (Å²) in [4.78, 5) is 6.72. The van der Waals surface area contributed by atoms with Crippen LogP contribution < -0.4 is 10.6 Å². The monoisotopic (exact) mass is 514 g/mol. The molecule has 1 saturated heterocycles. The summed E-state index contributed by atoms with van der Waals surface area (Å²) >= 11 is 6.00. The van der Waals surface area contributed by atoms with E-state index in [1.807, 2.05) is 25.1 Å². The minimum atomic E-state index is -2.82. The fourth-order valence-electron chi connectivity index (χ4n) is 2.64. The fourth-order valence-corrected chi connectivity index (χ4v) is 4.13. The van der Waals surface area contributed by atoms with E-state index in [1.54, 1.807) is 0 Å². The summed E-state index contributed by atoms with van der Waals surface area (Å²) in [5.74, 6) is 1.30. The van der Waals surface area contributed by atoms with Crippen LogP contribution in [0.25, 0.3) is 0 Å². The van der Waals surface area contributed by atoms with Crippen molar-refractivity contribution in [3.63, 3.8) is 0 Å². The summed E-state index contributed by atoms with van der Waals surface area (Å²) in [5, 5.41) is 7.30. The first-order chi connectivity index (χ1) is 12.0. The van der Waals surface area contributed by atoms with Crippen LogP contribution in [0.4, 0.5) is 0 Å². The van der Waals surface area contributed by atoms with Crippen molar-refractivity contribution in [1.82, 2.24) is 15.5 Å². The Balaban J connectivity index is 0.00000338. The van der Waals surface area contributed by atoms with Gasteiger partial charge in [-0.2, -0.15) is 0 Å². The molecule has 1 aromatic rings.